The number of amides is 1. The summed E-state index contributed by atoms with van der Waals surface area (Å²) in [5.41, 5.74) is 0.00426. The third-order valence-electron chi connectivity index (χ3n) is 3.34. The lowest BCUT2D eigenvalue weighted by molar-refractivity contribution is -0.124. The van der Waals surface area contributed by atoms with Crippen molar-refractivity contribution in [1.82, 2.24) is 10.0 Å². The summed E-state index contributed by atoms with van der Waals surface area (Å²) in [6, 6.07) is 3.86. The second-order valence-corrected chi connectivity index (χ2v) is 7.54. The number of nitrogens with one attached hydrogen (secondary N) is 2. The van der Waals surface area contributed by atoms with E-state index in [2.05, 4.69) is 10.0 Å². The van der Waals surface area contributed by atoms with Gasteiger partial charge in [0.15, 0.2) is 6.61 Å². The van der Waals surface area contributed by atoms with Crippen molar-refractivity contribution in [3.63, 3.8) is 0 Å². The van der Waals surface area contributed by atoms with Crippen LogP contribution in [0.2, 0.25) is 0 Å². The van der Waals surface area contributed by atoms with Gasteiger partial charge in [0.05, 0.1) is 12.7 Å². The Bertz CT molecular complexity index is 715. The van der Waals surface area contributed by atoms with Crippen LogP contribution in [0.5, 0.6) is 5.75 Å². The van der Waals surface area contributed by atoms with Gasteiger partial charge in [0, 0.05) is 6.54 Å². The molecule has 0 saturated carbocycles. The molecule has 0 fully saturated rings. The standard InChI is InChI=1S/C16H24N2O6S/c1-11(2)7-8-18-15(19)10-24-16(20)12-5-6-13(23-4)14(9-12)25(21,22)17-3/h5-6,9,11,17H,7-8,10H2,1-4H3,(H,18,19). The summed E-state index contributed by atoms with van der Waals surface area (Å²) < 4.78 is 36.0. The van der Waals surface area contributed by atoms with Gasteiger partial charge in [0.1, 0.15) is 10.6 Å². The van der Waals surface area contributed by atoms with E-state index in [1.165, 1.54) is 26.3 Å². The predicted octanol–water partition coefficient (Wildman–Crippen LogP) is 0.922. The van der Waals surface area contributed by atoms with Crippen LogP contribution in [-0.2, 0) is 19.6 Å². The van der Waals surface area contributed by atoms with Gasteiger partial charge in [0.2, 0.25) is 10.0 Å². The van der Waals surface area contributed by atoms with E-state index >= 15 is 0 Å². The highest BCUT2D eigenvalue weighted by Gasteiger charge is 2.21. The molecule has 0 aliphatic rings. The van der Waals surface area contributed by atoms with Gasteiger partial charge in [-0.15, -0.1) is 0 Å². The van der Waals surface area contributed by atoms with Crippen LogP contribution in [0.15, 0.2) is 23.1 Å². The van der Waals surface area contributed by atoms with Gasteiger partial charge < -0.3 is 14.8 Å². The molecule has 0 unspecified atom stereocenters. The molecule has 0 saturated heterocycles. The van der Waals surface area contributed by atoms with Gasteiger partial charge in [-0.05, 0) is 37.6 Å². The molecule has 9 heteroatoms. The van der Waals surface area contributed by atoms with Gasteiger partial charge >= 0.3 is 5.97 Å². The summed E-state index contributed by atoms with van der Waals surface area (Å²) in [5, 5.41) is 2.64. The summed E-state index contributed by atoms with van der Waals surface area (Å²) in [4.78, 5) is 23.5. The normalized spacial score (nSPS) is 11.2. The van der Waals surface area contributed by atoms with Crippen LogP contribution >= 0.6 is 0 Å². The molecule has 1 amide bonds. The lowest BCUT2D eigenvalue weighted by atomic mass is 10.1. The first kappa shape index (κ1) is 20.9. The second-order valence-electron chi connectivity index (χ2n) is 5.68. The maximum Gasteiger partial charge on any atom is 0.338 e. The van der Waals surface area contributed by atoms with Crippen molar-refractivity contribution in [2.24, 2.45) is 5.92 Å². The Labute approximate surface area is 147 Å². The van der Waals surface area contributed by atoms with Crippen LogP contribution in [0.1, 0.15) is 30.6 Å². The molecule has 8 nitrogen and oxygen atoms in total. The predicted molar refractivity (Wildman–Crippen MR) is 92.0 cm³/mol. The van der Waals surface area contributed by atoms with E-state index in [1.807, 2.05) is 13.8 Å². The van der Waals surface area contributed by atoms with Crippen molar-refractivity contribution in [2.45, 2.75) is 25.2 Å². The highest BCUT2D eigenvalue weighted by atomic mass is 32.2. The number of esters is 1. The minimum Gasteiger partial charge on any atom is -0.495 e. The Morgan fingerprint density at radius 1 is 1.24 bits per heavy atom. The fraction of sp³-hybridized carbons (Fsp3) is 0.500. The zero-order valence-electron chi connectivity index (χ0n) is 14.8. The van der Waals surface area contributed by atoms with E-state index in [0.717, 1.165) is 12.5 Å². The number of rotatable bonds is 9. The number of hydrogen-bond acceptors (Lipinski definition) is 6. The van der Waals surface area contributed by atoms with E-state index in [4.69, 9.17) is 9.47 Å². The number of carbonyl (C=O) groups is 2. The van der Waals surface area contributed by atoms with E-state index in [-0.39, 0.29) is 16.2 Å². The molecule has 0 spiro atoms. The molecule has 0 aliphatic carbocycles. The highest BCUT2D eigenvalue weighted by Crippen LogP contribution is 2.24. The van der Waals surface area contributed by atoms with Gasteiger partial charge in [-0.1, -0.05) is 13.8 Å². The molecule has 0 radical (unpaired) electrons. The van der Waals surface area contributed by atoms with E-state index < -0.39 is 28.5 Å². The Hall–Kier alpha value is -2.13. The molecule has 0 atom stereocenters. The lowest BCUT2D eigenvalue weighted by Crippen LogP contribution is -2.30. The molecule has 0 bridgehead atoms. The fourth-order valence-electron chi connectivity index (χ4n) is 1.89. The second kappa shape index (κ2) is 9.38. The van der Waals surface area contributed by atoms with Crippen LogP contribution in [0.25, 0.3) is 0 Å². The average molecular weight is 372 g/mol. The summed E-state index contributed by atoms with van der Waals surface area (Å²) in [7, 11) is -1.24. The van der Waals surface area contributed by atoms with Crippen molar-refractivity contribution in [1.29, 1.82) is 0 Å². The highest BCUT2D eigenvalue weighted by molar-refractivity contribution is 7.89. The van der Waals surface area contributed by atoms with Gasteiger partial charge in [-0.25, -0.2) is 17.9 Å². The third kappa shape index (κ3) is 6.35. The average Bonchev–Trinajstić information content (AvgIpc) is 2.58. The zero-order chi connectivity index (χ0) is 19.0. The molecule has 2 N–H and O–H groups in total. The number of methoxy groups -OCH3 is 1. The van der Waals surface area contributed by atoms with Gasteiger partial charge in [-0.3, -0.25) is 4.79 Å². The number of hydrogen-bond donors (Lipinski definition) is 2. The largest absolute Gasteiger partial charge is 0.495 e. The fourth-order valence-corrected chi connectivity index (χ4v) is 2.81. The Kier molecular flexibility index (Phi) is 7.85. The van der Waals surface area contributed by atoms with Crippen molar-refractivity contribution >= 4 is 21.9 Å². The first-order chi connectivity index (χ1) is 11.7. The Balaban J connectivity index is 2.76. The molecule has 140 valence electrons. The molecule has 1 aromatic rings. The molecular formula is C16H24N2O6S. The summed E-state index contributed by atoms with van der Waals surface area (Å²) in [6.45, 7) is 4.14. The maximum atomic E-state index is 12.0. The summed E-state index contributed by atoms with van der Waals surface area (Å²) in [6.07, 6.45) is 0.823. The SMILES string of the molecule is CNS(=O)(=O)c1cc(C(=O)OCC(=O)NCCC(C)C)ccc1OC. The minimum atomic E-state index is -3.81. The summed E-state index contributed by atoms with van der Waals surface area (Å²) >= 11 is 0. The monoisotopic (exact) mass is 372 g/mol. The van der Waals surface area contributed by atoms with Crippen LogP contribution in [0, 0.1) is 5.92 Å². The van der Waals surface area contributed by atoms with E-state index in [9.17, 15) is 18.0 Å². The third-order valence-corrected chi connectivity index (χ3v) is 4.77. The Morgan fingerprint density at radius 3 is 2.48 bits per heavy atom. The van der Waals surface area contributed by atoms with E-state index in [1.54, 1.807) is 0 Å². The van der Waals surface area contributed by atoms with Gasteiger partial charge in [0.25, 0.3) is 5.91 Å². The lowest BCUT2D eigenvalue weighted by Gasteiger charge is -2.11. The van der Waals surface area contributed by atoms with Crippen LogP contribution < -0.4 is 14.8 Å². The molecule has 25 heavy (non-hydrogen) atoms. The number of benzene rings is 1. The summed E-state index contributed by atoms with van der Waals surface area (Å²) in [5.74, 6) is -0.660. The molecule has 1 aromatic carbocycles. The number of ether oxygens (including phenoxy) is 2. The molecule has 1 rings (SSSR count). The first-order valence-corrected chi connectivity index (χ1v) is 9.25. The smallest absolute Gasteiger partial charge is 0.338 e. The van der Waals surface area contributed by atoms with Gasteiger partial charge in [-0.2, -0.15) is 0 Å². The van der Waals surface area contributed by atoms with Crippen LogP contribution in [0.3, 0.4) is 0 Å². The van der Waals surface area contributed by atoms with Crippen molar-refractivity contribution in [2.75, 3.05) is 27.3 Å². The van der Waals surface area contributed by atoms with E-state index in [0.29, 0.717) is 12.5 Å². The number of sulfonamides is 1. The minimum absolute atomic E-state index is 0.00426. The van der Waals surface area contributed by atoms with Crippen molar-refractivity contribution < 1.29 is 27.5 Å². The van der Waals surface area contributed by atoms with Crippen LogP contribution in [-0.4, -0.2) is 47.6 Å². The van der Waals surface area contributed by atoms with Crippen molar-refractivity contribution in [3.05, 3.63) is 23.8 Å². The first-order valence-electron chi connectivity index (χ1n) is 7.76. The molecule has 0 heterocycles. The molecular weight excluding hydrogens is 348 g/mol. The quantitative estimate of drug-likeness (QED) is 0.624. The number of carbonyl (C=O) groups excluding carboxylic acids is 2. The van der Waals surface area contributed by atoms with Crippen LogP contribution in [0.4, 0.5) is 0 Å². The zero-order valence-corrected chi connectivity index (χ0v) is 15.6. The topological polar surface area (TPSA) is 111 Å². The van der Waals surface area contributed by atoms with Crippen molar-refractivity contribution in [3.8, 4) is 5.75 Å². The Morgan fingerprint density at radius 2 is 1.92 bits per heavy atom. The molecule has 0 aliphatic heterocycles. The maximum absolute atomic E-state index is 12.0. The molecule has 0 aromatic heterocycles.